The summed E-state index contributed by atoms with van der Waals surface area (Å²) in [6.07, 6.45) is 3.97. The highest BCUT2D eigenvalue weighted by Gasteiger charge is 2.18. The minimum atomic E-state index is 0.749. The molecule has 112 valence electrons. The molecular weight excluding hydrogens is 238 g/mol. The molecule has 0 bridgehead atoms. The van der Waals surface area contributed by atoms with Crippen LogP contribution in [-0.4, -0.2) is 76.4 Å². The second-order valence-electron chi connectivity index (χ2n) is 6.44. The van der Waals surface area contributed by atoms with Crippen molar-refractivity contribution in [1.29, 1.82) is 0 Å². The number of hydrogen-bond acceptors (Lipinski definition) is 4. The first-order chi connectivity index (χ1) is 9.24. The van der Waals surface area contributed by atoms with E-state index in [0.717, 1.165) is 38.1 Å². The fraction of sp³-hybridized carbons (Fsp3) is 1.00. The minimum absolute atomic E-state index is 0.749. The molecular formula is C15H31N3O. The van der Waals surface area contributed by atoms with Crippen molar-refractivity contribution in [3.05, 3.63) is 0 Å². The first-order valence-corrected chi connectivity index (χ1v) is 7.89. The summed E-state index contributed by atoms with van der Waals surface area (Å²) < 4.78 is 5.39. The van der Waals surface area contributed by atoms with E-state index < -0.39 is 0 Å². The molecule has 2 aliphatic heterocycles. The molecule has 4 heteroatoms. The van der Waals surface area contributed by atoms with Crippen molar-refractivity contribution in [2.75, 3.05) is 66.6 Å². The van der Waals surface area contributed by atoms with Crippen molar-refractivity contribution in [3.8, 4) is 0 Å². The van der Waals surface area contributed by atoms with E-state index in [0.29, 0.717) is 0 Å². The van der Waals surface area contributed by atoms with Gasteiger partial charge in [0.05, 0.1) is 6.61 Å². The molecule has 2 fully saturated rings. The Labute approximate surface area is 118 Å². The number of ether oxygens (including phenoxy) is 1. The van der Waals surface area contributed by atoms with Crippen LogP contribution >= 0.6 is 0 Å². The highest BCUT2D eigenvalue weighted by Crippen LogP contribution is 2.16. The van der Waals surface area contributed by atoms with E-state index in [1.54, 1.807) is 0 Å². The van der Waals surface area contributed by atoms with Crippen molar-refractivity contribution in [3.63, 3.8) is 0 Å². The van der Waals surface area contributed by atoms with Crippen molar-refractivity contribution in [2.24, 2.45) is 11.8 Å². The first kappa shape index (κ1) is 15.2. The van der Waals surface area contributed by atoms with Gasteiger partial charge in [0.2, 0.25) is 0 Å². The van der Waals surface area contributed by atoms with Crippen LogP contribution in [0.1, 0.15) is 19.3 Å². The highest BCUT2D eigenvalue weighted by molar-refractivity contribution is 4.73. The van der Waals surface area contributed by atoms with Gasteiger partial charge in [0, 0.05) is 32.8 Å². The fourth-order valence-electron chi connectivity index (χ4n) is 3.10. The zero-order valence-corrected chi connectivity index (χ0v) is 12.7. The molecule has 2 saturated heterocycles. The maximum atomic E-state index is 5.39. The Morgan fingerprint density at radius 1 is 1.21 bits per heavy atom. The van der Waals surface area contributed by atoms with Crippen molar-refractivity contribution < 1.29 is 4.74 Å². The molecule has 2 rings (SSSR count). The van der Waals surface area contributed by atoms with E-state index in [2.05, 4.69) is 29.2 Å². The van der Waals surface area contributed by atoms with Gasteiger partial charge in [0.1, 0.15) is 0 Å². The highest BCUT2D eigenvalue weighted by atomic mass is 16.5. The van der Waals surface area contributed by atoms with Crippen LogP contribution in [0.5, 0.6) is 0 Å². The molecule has 4 nitrogen and oxygen atoms in total. The van der Waals surface area contributed by atoms with E-state index in [9.17, 15) is 0 Å². The van der Waals surface area contributed by atoms with E-state index in [1.165, 1.54) is 45.4 Å². The van der Waals surface area contributed by atoms with E-state index >= 15 is 0 Å². The van der Waals surface area contributed by atoms with E-state index in [-0.39, 0.29) is 0 Å². The topological polar surface area (TPSA) is 27.7 Å². The van der Waals surface area contributed by atoms with E-state index in [1.807, 2.05) is 0 Å². The number of rotatable bonds is 7. The van der Waals surface area contributed by atoms with Gasteiger partial charge in [0.15, 0.2) is 0 Å². The molecule has 0 radical (unpaired) electrons. The van der Waals surface area contributed by atoms with E-state index in [4.69, 9.17) is 4.74 Å². The number of likely N-dealkylation sites (tertiary alicyclic amines) is 1. The Morgan fingerprint density at radius 2 is 2.00 bits per heavy atom. The van der Waals surface area contributed by atoms with Crippen LogP contribution in [0.15, 0.2) is 0 Å². The van der Waals surface area contributed by atoms with Gasteiger partial charge in [-0.2, -0.15) is 0 Å². The molecule has 2 heterocycles. The molecule has 0 saturated carbocycles. The predicted molar refractivity (Wildman–Crippen MR) is 79.5 cm³/mol. The standard InChI is InChI=1S/C15H31N3O/c1-17-7-3-14(4-8-17)12-18(2)9-6-16-11-15-5-10-19-13-15/h14-16H,3-13H2,1-2H3. The zero-order valence-electron chi connectivity index (χ0n) is 12.7. The molecule has 0 aromatic carbocycles. The lowest BCUT2D eigenvalue weighted by Crippen LogP contribution is -2.38. The SMILES string of the molecule is CN1CCC(CN(C)CCNCC2CCOC2)CC1. The Hall–Kier alpha value is -0.160. The Balaban J connectivity index is 1.48. The van der Waals surface area contributed by atoms with Crippen LogP contribution in [0.3, 0.4) is 0 Å². The monoisotopic (exact) mass is 269 g/mol. The molecule has 1 unspecified atom stereocenters. The lowest BCUT2D eigenvalue weighted by atomic mass is 9.97. The summed E-state index contributed by atoms with van der Waals surface area (Å²) in [6.45, 7) is 9.14. The third kappa shape index (κ3) is 5.78. The molecule has 0 aliphatic carbocycles. The van der Waals surface area contributed by atoms with Gasteiger partial charge in [0.25, 0.3) is 0 Å². The van der Waals surface area contributed by atoms with Gasteiger partial charge in [-0.15, -0.1) is 0 Å². The van der Waals surface area contributed by atoms with Gasteiger partial charge in [-0.25, -0.2) is 0 Å². The second kappa shape index (κ2) is 8.20. The minimum Gasteiger partial charge on any atom is -0.381 e. The largest absolute Gasteiger partial charge is 0.381 e. The van der Waals surface area contributed by atoms with Gasteiger partial charge in [-0.3, -0.25) is 0 Å². The lowest BCUT2D eigenvalue weighted by Gasteiger charge is -2.31. The van der Waals surface area contributed by atoms with Gasteiger partial charge in [-0.05, 0) is 58.3 Å². The molecule has 2 aliphatic rings. The molecule has 1 N–H and O–H groups in total. The third-order valence-corrected chi connectivity index (χ3v) is 4.54. The molecule has 19 heavy (non-hydrogen) atoms. The van der Waals surface area contributed by atoms with Gasteiger partial charge in [-0.1, -0.05) is 0 Å². The van der Waals surface area contributed by atoms with Crippen LogP contribution < -0.4 is 5.32 Å². The Bertz CT molecular complexity index is 236. The quantitative estimate of drug-likeness (QED) is 0.695. The van der Waals surface area contributed by atoms with Crippen molar-refractivity contribution in [1.82, 2.24) is 15.1 Å². The van der Waals surface area contributed by atoms with Crippen LogP contribution in [0.4, 0.5) is 0 Å². The number of hydrogen-bond donors (Lipinski definition) is 1. The summed E-state index contributed by atoms with van der Waals surface area (Å²) in [5.74, 6) is 1.66. The summed E-state index contributed by atoms with van der Waals surface area (Å²) in [4.78, 5) is 4.94. The molecule has 0 spiro atoms. The molecule has 1 atom stereocenters. The normalized spacial score (nSPS) is 26.4. The lowest BCUT2D eigenvalue weighted by molar-refractivity contribution is 0.175. The molecule has 0 aromatic rings. The average Bonchev–Trinajstić information content (AvgIpc) is 2.91. The van der Waals surface area contributed by atoms with Crippen molar-refractivity contribution >= 4 is 0 Å². The van der Waals surface area contributed by atoms with Gasteiger partial charge < -0.3 is 19.9 Å². The smallest absolute Gasteiger partial charge is 0.0507 e. The predicted octanol–water partition coefficient (Wildman–Crippen LogP) is 0.886. The van der Waals surface area contributed by atoms with Crippen LogP contribution in [0.2, 0.25) is 0 Å². The maximum Gasteiger partial charge on any atom is 0.0507 e. The third-order valence-electron chi connectivity index (χ3n) is 4.54. The molecule has 0 amide bonds. The summed E-state index contributed by atoms with van der Waals surface area (Å²) >= 11 is 0. The number of piperidine rings is 1. The van der Waals surface area contributed by atoms with Crippen LogP contribution in [-0.2, 0) is 4.74 Å². The number of nitrogens with zero attached hydrogens (tertiary/aromatic N) is 2. The Morgan fingerprint density at radius 3 is 2.68 bits per heavy atom. The first-order valence-electron chi connectivity index (χ1n) is 7.89. The van der Waals surface area contributed by atoms with Crippen molar-refractivity contribution in [2.45, 2.75) is 19.3 Å². The Kier molecular flexibility index (Phi) is 6.57. The summed E-state index contributed by atoms with van der Waals surface area (Å²) in [5, 5.41) is 3.57. The summed E-state index contributed by atoms with van der Waals surface area (Å²) in [7, 11) is 4.50. The van der Waals surface area contributed by atoms with Gasteiger partial charge >= 0.3 is 0 Å². The summed E-state index contributed by atoms with van der Waals surface area (Å²) in [5.41, 5.74) is 0. The average molecular weight is 269 g/mol. The fourth-order valence-corrected chi connectivity index (χ4v) is 3.10. The number of likely N-dealkylation sites (N-methyl/N-ethyl adjacent to an activating group) is 1. The summed E-state index contributed by atoms with van der Waals surface area (Å²) in [6, 6.07) is 0. The van der Waals surface area contributed by atoms with Crippen LogP contribution in [0, 0.1) is 11.8 Å². The van der Waals surface area contributed by atoms with Crippen LogP contribution in [0.25, 0.3) is 0 Å². The molecule has 0 aromatic heterocycles. The zero-order chi connectivity index (χ0) is 13.5. The second-order valence-corrected chi connectivity index (χ2v) is 6.44. The maximum absolute atomic E-state index is 5.39. The number of nitrogens with one attached hydrogen (secondary N) is 1.